The molecule has 1 rings (SSSR count). The monoisotopic (exact) mass is 283 g/mol. The molecule has 0 aromatic heterocycles. The molecule has 0 aliphatic carbocycles. The summed E-state index contributed by atoms with van der Waals surface area (Å²) in [7, 11) is 2.47. The van der Waals surface area contributed by atoms with Gasteiger partial charge in [-0.3, -0.25) is 0 Å². The summed E-state index contributed by atoms with van der Waals surface area (Å²) in [4.78, 5) is 34.4. The van der Waals surface area contributed by atoms with Crippen molar-refractivity contribution in [3.05, 3.63) is 22.5 Å². The predicted octanol–water partition coefficient (Wildman–Crippen LogP) is 0.417. The summed E-state index contributed by atoms with van der Waals surface area (Å²) in [5.41, 5.74) is 1.83. The molecule has 0 aromatic rings. The van der Waals surface area contributed by atoms with Gasteiger partial charge in [-0.15, -0.1) is 0 Å². The number of esters is 3. The van der Waals surface area contributed by atoms with Crippen LogP contribution in [0, 0.1) is 0 Å². The van der Waals surface area contributed by atoms with Crippen LogP contribution in [0.1, 0.15) is 20.3 Å². The lowest BCUT2D eigenvalue weighted by molar-refractivity contribution is -0.154. The predicted molar refractivity (Wildman–Crippen MR) is 68.1 cm³/mol. The van der Waals surface area contributed by atoms with E-state index in [1.54, 1.807) is 13.8 Å². The molecule has 0 radical (unpaired) electrons. The number of carbonyl (C=O) groups is 3. The van der Waals surface area contributed by atoms with Gasteiger partial charge >= 0.3 is 17.9 Å². The van der Waals surface area contributed by atoms with E-state index in [0.29, 0.717) is 17.0 Å². The summed E-state index contributed by atoms with van der Waals surface area (Å²) < 4.78 is 13.8. The Morgan fingerprint density at radius 3 is 2.05 bits per heavy atom. The van der Waals surface area contributed by atoms with Gasteiger partial charge in [-0.05, 0) is 13.8 Å². The highest BCUT2D eigenvalue weighted by Gasteiger charge is 2.26. The van der Waals surface area contributed by atoms with Crippen LogP contribution < -0.4 is 5.32 Å². The summed E-state index contributed by atoms with van der Waals surface area (Å²) >= 11 is 0. The highest BCUT2D eigenvalue weighted by molar-refractivity contribution is 5.97. The third kappa shape index (κ3) is 3.59. The molecule has 0 saturated heterocycles. The van der Waals surface area contributed by atoms with E-state index in [4.69, 9.17) is 4.74 Å². The fourth-order valence-electron chi connectivity index (χ4n) is 1.72. The van der Waals surface area contributed by atoms with Crippen molar-refractivity contribution in [3.63, 3.8) is 0 Å². The molecule has 1 N–H and O–H groups in total. The zero-order valence-corrected chi connectivity index (χ0v) is 11.9. The number of allylic oxidation sites excluding steroid dienone is 2. The number of nitrogens with one attached hydrogen (secondary N) is 1. The van der Waals surface area contributed by atoms with Crippen LogP contribution in [0.4, 0.5) is 0 Å². The second-order valence-corrected chi connectivity index (χ2v) is 4.15. The molecule has 0 unspecified atom stereocenters. The van der Waals surface area contributed by atoms with Crippen LogP contribution in [0.25, 0.3) is 0 Å². The number of ether oxygens (including phenoxy) is 3. The van der Waals surface area contributed by atoms with E-state index in [9.17, 15) is 14.4 Å². The van der Waals surface area contributed by atoms with Gasteiger partial charge in [0.1, 0.15) is 0 Å². The van der Waals surface area contributed by atoms with Gasteiger partial charge in [0.2, 0.25) is 0 Å². The number of dihydropyridines is 1. The van der Waals surface area contributed by atoms with Gasteiger partial charge in [-0.1, -0.05) is 0 Å². The molecule has 0 bridgehead atoms. The molecule has 20 heavy (non-hydrogen) atoms. The van der Waals surface area contributed by atoms with Crippen molar-refractivity contribution in [3.8, 4) is 0 Å². The number of hydrogen-bond acceptors (Lipinski definition) is 7. The summed E-state index contributed by atoms with van der Waals surface area (Å²) in [6.07, 6.45) is 0.0946. The minimum absolute atomic E-state index is 0.0946. The van der Waals surface area contributed by atoms with E-state index in [1.807, 2.05) is 0 Å². The number of hydrogen-bond donors (Lipinski definition) is 1. The summed E-state index contributed by atoms with van der Waals surface area (Å²) in [6.45, 7) is 2.93. The molecule has 110 valence electrons. The van der Waals surface area contributed by atoms with Gasteiger partial charge in [0.05, 0.1) is 25.4 Å². The minimum atomic E-state index is -0.672. The van der Waals surface area contributed by atoms with Gasteiger partial charge in [0.25, 0.3) is 0 Å². The third-order valence-electron chi connectivity index (χ3n) is 2.86. The average Bonchev–Trinajstić information content (AvgIpc) is 2.43. The minimum Gasteiger partial charge on any atom is -0.466 e. The van der Waals surface area contributed by atoms with E-state index in [-0.39, 0.29) is 12.0 Å². The first kappa shape index (κ1) is 15.7. The molecule has 7 nitrogen and oxygen atoms in total. The maximum absolute atomic E-state index is 11.9. The maximum Gasteiger partial charge on any atom is 0.344 e. The zero-order valence-electron chi connectivity index (χ0n) is 11.9. The Morgan fingerprint density at radius 2 is 1.55 bits per heavy atom. The lowest BCUT2D eigenvalue weighted by Gasteiger charge is -2.21. The molecule has 1 aliphatic heterocycles. The van der Waals surface area contributed by atoms with Gasteiger partial charge in [0.15, 0.2) is 6.61 Å². The Balaban J connectivity index is 2.80. The largest absolute Gasteiger partial charge is 0.466 e. The fraction of sp³-hybridized carbons (Fsp3) is 0.462. The molecule has 7 heteroatoms. The van der Waals surface area contributed by atoms with Crippen molar-refractivity contribution < 1.29 is 28.6 Å². The Hall–Kier alpha value is -2.31. The van der Waals surface area contributed by atoms with Crippen molar-refractivity contribution in [1.82, 2.24) is 5.32 Å². The number of rotatable bonds is 4. The lowest BCUT2D eigenvalue weighted by atomic mass is 9.98. The summed E-state index contributed by atoms with van der Waals surface area (Å²) in [6, 6.07) is 0. The highest BCUT2D eigenvalue weighted by atomic mass is 16.6. The first-order valence-electron chi connectivity index (χ1n) is 5.89. The maximum atomic E-state index is 11.9. The summed E-state index contributed by atoms with van der Waals surface area (Å²) in [5.74, 6) is -1.84. The fourth-order valence-corrected chi connectivity index (χ4v) is 1.72. The van der Waals surface area contributed by atoms with Crippen LogP contribution in [0.15, 0.2) is 22.5 Å². The SMILES string of the molecule is COC(=O)COC(=O)C1=C(C)NC(C)=C(C(=O)OC)C1. The molecular formula is C13H17NO6. The standard InChI is InChI=1S/C13H17NO6/c1-7-9(12(16)19-4)5-10(8(2)14-7)13(17)20-6-11(15)18-3/h14H,5-6H2,1-4H3. The Kier molecular flexibility index (Phi) is 5.31. The van der Waals surface area contributed by atoms with Crippen LogP contribution in [-0.2, 0) is 28.6 Å². The van der Waals surface area contributed by atoms with E-state index < -0.39 is 24.5 Å². The van der Waals surface area contributed by atoms with E-state index >= 15 is 0 Å². The van der Waals surface area contributed by atoms with E-state index in [0.717, 1.165) is 0 Å². The van der Waals surface area contributed by atoms with E-state index in [1.165, 1.54) is 14.2 Å². The molecule has 0 spiro atoms. The molecule has 0 saturated carbocycles. The smallest absolute Gasteiger partial charge is 0.344 e. The number of carbonyl (C=O) groups excluding carboxylic acids is 3. The second kappa shape index (κ2) is 6.74. The topological polar surface area (TPSA) is 90.9 Å². The van der Waals surface area contributed by atoms with Crippen molar-refractivity contribution in [2.45, 2.75) is 20.3 Å². The normalized spacial score (nSPS) is 14.6. The molecule has 0 fully saturated rings. The first-order valence-corrected chi connectivity index (χ1v) is 5.89. The van der Waals surface area contributed by atoms with Crippen molar-refractivity contribution in [2.75, 3.05) is 20.8 Å². The second-order valence-electron chi connectivity index (χ2n) is 4.15. The highest BCUT2D eigenvalue weighted by Crippen LogP contribution is 2.24. The Morgan fingerprint density at radius 1 is 1.00 bits per heavy atom. The van der Waals surface area contributed by atoms with Crippen LogP contribution in [-0.4, -0.2) is 38.7 Å². The third-order valence-corrected chi connectivity index (χ3v) is 2.86. The van der Waals surface area contributed by atoms with Crippen LogP contribution in [0.5, 0.6) is 0 Å². The Labute approximate surface area is 116 Å². The molecule has 0 atom stereocenters. The lowest BCUT2D eigenvalue weighted by Crippen LogP contribution is -2.27. The van der Waals surface area contributed by atoms with Crippen LogP contribution in [0.2, 0.25) is 0 Å². The number of methoxy groups -OCH3 is 2. The molecule has 1 heterocycles. The van der Waals surface area contributed by atoms with E-state index in [2.05, 4.69) is 14.8 Å². The Bertz CT molecular complexity index is 503. The quantitative estimate of drug-likeness (QED) is 0.590. The van der Waals surface area contributed by atoms with Crippen LogP contribution in [0.3, 0.4) is 0 Å². The summed E-state index contributed by atoms with van der Waals surface area (Å²) in [5, 5.41) is 2.92. The van der Waals surface area contributed by atoms with Crippen molar-refractivity contribution >= 4 is 17.9 Å². The molecular weight excluding hydrogens is 266 g/mol. The molecule has 0 amide bonds. The molecule has 0 aromatic carbocycles. The zero-order chi connectivity index (χ0) is 15.3. The molecule has 1 aliphatic rings. The van der Waals surface area contributed by atoms with Gasteiger partial charge in [-0.2, -0.15) is 0 Å². The van der Waals surface area contributed by atoms with Crippen LogP contribution >= 0.6 is 0 Å². The average molecular weight is 283 g/mol. The van der Waals surface area contributed by atoms with Crippen molar-refractivity contribution in [1.29, 1.82) is 0 Å². The van der Waals surface area contributed by atoms with Gasteiger partial charge < -0.3 is 19.5 Å². The van der Waals surface area contributed by atoms with Gasteiger partial charge in [0, 0.05) is 17.8 Å². The van der Waals surface area contributed by atoms with Gasteiger partial charge in [-0.25, -0.2) is 14.4 Å². The first-order chi connectivity index (χ1) is 9.40. The van der Waals surface area contributed by atoms with Crippen molar-refractivity contribution in [2.24, 2.45) is 0 Å².